The Kier molecular flexibility index (Phi) is 6.31. The summed E-state index contributed by atoms with van der Waals surface area (Å²) < 4.78 is 38.4. The zero-order chi connectivity index (χ0) is 18.4. The lowest BCUT2D eigenvalue weighted by Gasteiger charge is -2.25. The smallest absolute Gasteiger partial charge is 0.308 e. The van der Waals surface area contributed by atoms with Crippen molar-refractivity contribution in [1.29, 1.82) is 0 Å². The monoisotopic (exact) mass is 370 g/mol. The lowest BCUT2D eigenvalue weighted by molar-refractivity contribution is -0.137. The molecule has 0 aromatic heterocycles. The van der Waals surface area contributed by atoms with Crippen LogP contribution < -0.4 is 10.2 Å². The van der Waals surface area contributed by atoms with Gasteiger partial charge in [-0.15, -0.1) is 11.6 Å². The number of hydrogen-bond donors (Lipinski definition) is 1. The standard InChI is InChI=1S/C18H18ClF3N2O/c1-13(11-19)12-24(16-8-3-2-4-9-16)17(25)23-15-7-5-6-14(10-15)18(20,21)22/h2-10,13H,11-12H2,1H3,(H,23,25). The number of nitrogens with zero attached hydrogens (tertiary/aromatic N) is 1. The fourth-order valence-corrected chi connectivity index (χ4v) is 2.34. The molecule has 1 N–H and O–H groups in total. The van der Waals surface area contributed by atoms with Crippen LogP contribution in [0.3, 0.4) is 0 Å². The van der Waals surface area contributed by atoms with Gasteiger partial charge in [-0.2, -0.15) is 13.2 Å². The lowest BCUT2D eigenvalue weighted by Crippen LogP contribution is -2.38. The van der Waals surface area contributed by atoms with Gasteiger partial charge in [0.15, 0.2) is 0 Å². The van der Waals surface area contributed by atoms with E-state index in [1.54, 1.807) is 24.3 Å². The SMILES string of the molecule is CC(CCl)CN(C(=O)Nc1cccc(C(F)(F)F)c1)c1ccccc1. The first-order valence-electron chi connectivity index (χ1n) is 7.68. The molecule has 0 aliphatic heterocycles. The fourth-order valence-electron chi connectivity index (χ4n) is 2.24. The summed E-state index contributed by atoms with van der Waals surface area (Å²) in [4.78, 5) is 14.1. The third-order valence-electron chi connectivity index (χ3n) is 3.51. The molecule has 0 bridgehead atoms. The normalized spacial score (nSPS) is 12.5. The van der Waals surface area contributed by atoms with Crippen LogP contribution in [0.4, 0.5) is 29.3 Å². The first kappa shape index (κ1) is 19.1. The lowest BCUT2D eigenvalue weighted by atomic mass is 10.2. The molecule has 2 amide bonds. The Labute approximate surface area is 149 Å². The van der Waals surface area contributed by atoms with E-state index in [4.69, 9.17) is 11.6 Å². The molecule has 1 atom stereocenters. The van der Waals surface area contributed by atoms with Crippen molar-refractivity contribution in [3.8, 4) is 0 Å². The maximum atomic E-state index is 12.8. The Morgan fingerprint density at radius 1 is 1.16 bits per heavy atom. The molecule has 1 unspecified atom stereocenters. The highest BCUT2D eigenvalue weighted by Gasteiger charge is 2.30. The average molecular weight is 371 g/mol. The summed E-state index contributed by atoms with van der Waals surface area (Å²) in [6.45, 7) is 2.23. The van der Waals surface area contributed by atoms with Gasteiger partial charge in [0, 0.05) is 23.8 Å². The van der Waals surface area contributed by atoms with Crippen LogP contribution in [0.1, 0.15) is 12.5 Å². The van der Waals surface area contributed by atoms with Crippen LogP contribution in [0, 0.1) is 5.92 Å². The second kappa shape index (κ2) is 8.25. The topological polar surface area (TPSA) is 32.3 Å². The highest BCUT2D eigenvalue weighted by atomic mass is 35.5. The number of benzene rings is 2. The van der Waals surface area contributed by atoms with Crippen molar-refractivity contribution in [2.45, 2.75) is 13.1 Å². The number of carbonyl (C=O) groups is 1. The van der Waals surface area contributed by atoms with Crippen LogP contribution in [0.5, 0.6) is 0 Å². The first-order chi connectivity index (χ1) is 11.8. The van der Waals surface area contributed by atoms with Crippen LogP contribution in [-0.2, 0) is 6.18 Å². The molecular formula is C18H18ClF3N2O. The van der Waals surface area contributed by atoms with E-state index in [1.165, 1.54) is 17.0 Å². The van der Waals surface area contributed by atoms with E-state index in [1.807, 2.05) is 13.0 Å². The van der Waals surface area contributed by atoms with Crippen LogP contribution in [0.15, 0.2) is 54.6 Å². The van der Waals surface area contributed by atoms with Crippen molar-refractivity contribution < 1.29 is 18.0 Å². The van der Waals surface area contributed by atoms with Gasteiger partial charge in [0.2, 0.25) is 0 Å². The minimum Gasteiger partial charge on any atom is -0.308 e. The third kappa shape index (κ3) is 5.39. The molecule has 3 nitrogen and oxygen atoms in total. The molecule has 0 aliphatic rings. The predicted molar refractivity (Wildman–Crippen MR) is 94.1 cm³/mol. The molecule has 134 valence electrons. The molecule has 2 rings (SSSR count). The molecule has 0 radical (unpaired) electrons. The molecular weight excluding hydrogens is 353 g/mol. The maximum absolute atomic E-state index is 12.8. The Balaban J connectivity index is 2.22. The number of halogens is 4. The fraction of sp³-hybridized carbons (Fsp3) is 0.278. The molecule has 0 spiro atoms. The number of anilines is 2. The minimum atomic E-state index is -4.47. The molecule has 25 heavy (non-hydrogen) atoms. The maximum Gasteiger partial charge on any atom is 0.416 e. The number of amides is 2. The largest absolute Gasteiger partial charge is 0.416 e. The summed E-state index contributed by atoms with van der Waals surface area (Å²) in [5.41, 5.74) is -0.0890. The second-order valence-electron chi connectivity index (χ2n) is 5.71. The zero-order valence-corrected chi connectivity index (χ0v) is 14.3. The van der Waals surface area contributed by atoms with Crippen molar-refractivity contribution in [2.24, 2.45) is 5.92 Å². The van der Waals surface area contributed by atoms with E-state index < -0.39 is 17.8 Å². The molecule has 0 saturated heterocycles. The van der Waals surface area contributed by atoms with E-state index in [0.717, 1.165) is 12.1 Å². The summed E-state index contributed by atoms with van der Waals surface area (Å²) in [7, 11) is 0. The summed E-state index contributed by atoms with van der Waals surface area (Å²) >= 11 is 5.84. The van der Waals surface area contributed by atoms with Crippen molar-refractivity contribution >= 4 is 29.0 Å². The van der Waals surface area contributed by atoms with Crippen LogP contribution in [-0.4, -0.2) is 18.5 Å². The highest BCUT2D eigenvalue weighted by Crippen LogP contribution is 2.30. The summed E-state index contributed by atoms with van der Waals surface area (Å²) in [6.07, 6.45) is -4.47. The van der Waals surface area contributed by atoms with Crippen LogP contribution in [0.25, 0.3) is 0 Å². The molecule has 2 aromatic carbocycles. The van der Waals surface area contributed by atoms with Gasteiger partial charge in [-0.05, 0) is 36.2 Å². The molecule has 0 heterocycles. The van der Waals surface area contributed by atoms with Gasteiger partial charge in [-0.1, -0.05) is 31.2 Å². The van der Waals surface area contributed by atoms with Crippen molar-refractivity contribution in [3.05, 3.63) is 60.2 Å². The Hall–Kier alpha value is -2.21. The summed E-state index contributed by atoms with van der Waals surface area (Å²) in [5.74, 6) is 0.384. The van der Waals surface area contributed by atoms with Gasteiger partial charge >= 0.3 is 12.2 Å². The summed E-state index contributed by atoms with van der Waals surface area (Å²) in [5, 5.41) is 2.53. The Morgan fingerprint density at radius 2 is 1.84 bits per heavy atom. The van der Waals surface area contributed by atoms with Gasteiger partial charge in [0.1, 0.15) is 0 Å². The van der Waals surface area contributed by atoms with Crippen molar-refractivity contribution in [2.75, 3.05) is 22.6 Å². The van der Waals surface area contributed by atoms with Crippen molar-refractivity contribution in [1.82, 2.24) is 0 Å². The van der Waals surface area contributed by atoms with Crippen LogP contribution in [0.2, 0.25) is 0 Å². The van der Waals surface area contributed by atoms with Gasteiger partial charge < -0.3 is 5.32 Å². The summed E-state index contributed by atoms with van der Waals surface area (Å²) in [6, 6.07) is 12.9. The van der Waals surface area contributed by atoms with E-state index in [0.29, 0.717) is 18.1 Å². The molecule has 0 aliphatic carbocycles. The van der Waals surface area contributed by atoms with E-state index in [9.17, 15) is 18.0 Å². The zero-order valence-electron chi connectivity index (χ0n) is 13.6. The predicted octanol–water partition coefficient (Wildman–Crippen LogP) is 5.62. The van der Waals surface area contributed by atoms with Crippen LogP contribution >= 0.6 is 11.6 Å². The van der Waals surface area contributed by atoms with Gasteiger partial charge in [-0.3, -0.25) is 4.90 Å². The number of urea groups is 1. The van der Waals surface area contributed by atoms with Gasteiger partial charge in [-0.25, -0.2) is 4.79 Å². The number of nitrogens with one attached hydrogen (secondary N) is 1. The minimum absolute atomic E-state index is 0.0223. The number of hydrogen-bond acceptors (Lipinski definition) is 1. The molecule has 2 aromatic rings. The Bertz CT molecular complexity index is 707. The average Bonchev–Trinajstić information content (AvgIpc) is 2.59. The first-order valence-corrected chi connectivity index (χ1v) is 8.21. The second-order valence-corrected chi connectivity index (χ2v) is 6.02. The highest BCUT2D eigenvalue weighted by molar-refractivity contribution is 6.18. The van der Waals surface area contributed by atoms with Crippen molar-refractivity contribution in [3.63, 3.8) is 0 Å². The van der Waals surface area contributed by atoms with E-state index in [-0.39, 0.29) is 11.6 Å². The number of para-hydroxylation sites is 1. The molecule has 0 fully saturated rings. The Morgan fingerprint density at radius 3 is 2.44 bits per heavy atom. The van der Waals surface area contributed by atoms with E-state index >= 15 is 0 Å². The third-order valence-corrected chi connectivity index (χ3v) is 4.04. The number of alkyl halides is 4. The number of rotatable bonds is 5. The van der Waals surface area contributed by atoms with E-state index in [2.05, 4.69) is 5.32 Å². The van der Waals surface area contributed by atoms with Gasteiger partial charge in [0.25, 0.3) is 0 Å². The quantitative estimate of drug-likeness (QED) is 0.681. The molecule has 7 heteroatoms. The van der Waals surface area contributed by atoms with Gasteiger partial charge in [0.05, 0.1) is 5.56 Å². The number of carbonyl (C=O) groups excluding carboxylic acids is 1. The molecule has 0 saturated carbocycles.